The Kier molecular flexibility index (Phi) is 10.1. The van der Waals surface area contributed by atoms with E-state index in [0.717, 1.165) is 47.1 Å². The Morgan fingerprint density at radius 2 is 1.85 bits per heavy atom. The van der Waals surface area contributed by atoms with Gasteiger partial charge in [0.05, 0.1) is 18.1 Å². The van der Waals surface area contributed by atoms with Crippen LogP contribution in [0.25, 0.3) is 0 Å². The van der Waals surface area contributed by atoms with Crippen LogP contribution >= 0.6 is 27.5 Å². The molecule has 1 aliphatic carbocycles. The number of carbonyl (C=O) groups is 2. The summed E-state index contributed by atoms with van der Waals surface area (Å²) in [7, 11) is 3.48. The molecule has 2 aromatic heterocycles. The molecule has 240 valence electrons. The third kappa shape index (κ3) is 7.14. The molecule has 3 amide bonds. The van der Waals surface area contributed by atoms with Gasteiger partial charge in [0.1, 0.15) is 6.04 Å². The van der Waals surface area contributed by atoms with Gasteiger partial charge in [0.2, 0.25) is 5.91 Å². The minimum Gasteiger partial charge on any atom is -0.337 e. The highest BCUT2D eigenvalue weighted by Crippen LogP contribution is 2.38. The average Bonchev–Trinajstić information content (AvgIpc) is 3.53. The number of rotatable bonds is 8. The summed E-state index contributed by atoms with van der Waals surface area (Å²) in [5.74, 6) is -0.0525. The number of aryl methyl sites for hydroxylation is 3. The lowest BCUT2D eigenvalue weighted by Crippen LogP contribution is -2.63. The van der Waals surface area contributed by atoms with Crippen LogP contribution in [0.5, 0.6) is 0 Å². The molecule has 1 saturated heterocycles. The summed E-state index contributed by atoms with van der Waals surface area (Å²) in [6.45, 7) is 3.17. The van der Waals surface area contributed by atoms with Crippen LogP contribution in [0.15, 0.2) is 84.0 Å². The van der Waals surface area contributed by atoms with Gasteiger partial charge in [-0.25, -0.2) is 9.78 Å². The molecule has 46 heavy (non-hydrogen) atoms. The smallest absolute Gasteiger partial charge is 0.320 e. The van der Waals surface area contributed by atoms with Gasteiger partial charge in [-0.3, -0.25) is 14.7 Å². The fourth-order valence-corrected chi connectivity index (χ4v) is 7.24. The Hall–Kier alpha value is -3.73. The second kappa shape index (κ2) is 14.4. The first kappa shape index (κ1) is 32.2. The van der Waals surface area contributed by atoms with Crippen molar-refractivity contribution in [3.8, 4) is 0 Å². The molecule has 0 radical (unpaired) electrons. The van der Waals surface area contributed by atoms with Gasteiger partial charge in [0.15, 0.2) is 0 Å². The minimum absolute atomic E-state index is 0.0525. The number of halogens is 2. The fraction of sp³-hybridized carbons (Fsp3) is 0.371. The summed E-state index contributed by atoms with van der Waals surface area (Å²) >= 11 is 10.1. The number of benzene rings is 2. The largest absolute Gasteiger partial charge is 0.337 e. The van der Waals surface area contributed by atoms with Gasteiger partial charge >= 0.3 is 6.03 Å². The number of amides is 3. The molecule has 2 aliphatic rings. The summed E-state index contributed by atoms with van der Waals surface area (Å²) in [6.07, 6.45) is 9.79. The first-order valence-electron chi connectivity index (χ1n) is 15.7. The van der Waals surface area contributed by atoms with Crippen LogP contribution in [-0.2, 0) is 30.7 Å². The van der Waals surface area contributed by atoms with Gasteiger partial charge in [-0.2, -0.15) is 0 Å². The number of piperazine rings is 1. The molecule has 0 bridgehead atoms. The third-order valence-corrected chi connectivity index (χ3v) is 9.58. The predicted molar refractivity (Wildman–Crippen MR) is 182 cm³/mol. The predicted octanol–water partition coefficient (Wildman–Crippen LogP) is 5.67. The lowest BCUT2D eigenvalue weighted by Gasteiger charge is -2.45. The molecule has 11 heteroatoms. The van der Waals surface area contributed by atoms with Gasteiger partial charge in [0, 0.05) is 81.4 Å². The second-order valence-electron chi connectivity index (χ2n) is 12.2. The van der Waals surface area contributed by atoms with E-state index in [0.29, 0.717) is 37.7 Å². The van der Waals surface area contributed by atoms with Gasteiger partial charge in [-0.1, -0.05) is 48.0 Å². The maximum absolute atomic E-state index is 14.7. The molecule has 0 N–H and O–H groups in total. The number of nitrogens with zero attached hydrogens (tertiary/aromatic N) is 7. The highest BCUT2D eigenvalue weighted by molar-refractivity contribution is 9.10. The normalized spacial score (nSPS) is 18.0. The standard InChI is InChI=1S/C35H39BrClN7O2/c1-40(2)35(46)44-18-17-42(33-30-12-11-29(37)20-26(30)9-10-27-19-28(36)21-39-32(27)33)23-31(44)34(45)43(22-25-7-4-3-5-8-25)15-6-14-41-16-13-38-24-41/h3-5,7-8,11-13,16,19-21,24,31,33H,6,9-10,14-15,17-18,22-23H2,1-2H3/t31-,33-/m1/s1. The van der Waals surface area contributed by atoms with Crippen molar-refractivity contribution in [2.45, 2.75) is 44.4 Å². The number of imidazole rings is 1. The van der Waals surface area contributed by atoms with Gasteiger partial charge in [-0.05, 0) is 75.6 Å². The molecule has 2 aromatic carbocycles. The molecule has 3 heterocycles. The molecule has 9 nitrogen and oxygen atoms in total. The van der Waals surface area contributed by atoms with Crippen molar-refractivity contribution >= 4 is 39.5 Å². The van der Waals surface area contributed by atoms with E-state index < -0.39 is 6.04 Å². The lowest BCUT2D eigenvalue weighted by atomic mass is 9.95. The zero-order chi connectivity index (χ0) is 32.2. The molecule has 0 saturated carbocycles. The number of hydrogen-bond donors (Lipinski definition) is 0. The molecular weight excluding hydrogens is 666 g/mol. The molecule has 6 rings (SSSR count). The molecule has 1 aliphatic heterocycles. The zero-order valence-electron chi connectivity index (χ0n) is 26.2. The van der Waals surface area contributed by atoms with Crippen LogP contribution in [0, 0.1) is 0 Å². The first-order chi connectivity index (χ1) is 22.3. The van der Waals surface area contributed by atoms with Crippen molar-refractivity contribution < 1.29 is 9.59 Å². The van der Waals surface area contributed by atoms with Crippen LogP contribution in [0.3, 0.4) is 0 Å². The third-order valence-electron chi connectivity index (χ3n) is 8.91. The van der Waals surface area contributed by atoms with Gasteiger partial charge in [-0.15, -0.1) is 0 Å². The quantitative estimate of drug-likeness (QED) is 0.237. The van der Waals surface area contributed by atoms with E-state index in [2.05, 4.69) is 44.0 Å². The number of fused-ring (bicyclic) bond motifs is 2. The van der Waals surface area contributed by atoms with E-state index in [4.69, 9.17) is 16.6 Å². The Morgan fingerprint density at radius 1 is 1.04 bits per heavy atom. The topological polar surface area (TPSA) is 77.8 Å². The van der Waals surface area contributed by atoms with E-state index in [1.54, 1.807) is 36.4 Å². The lowest BCUT2D eigenvalue weighted by molar-refractivity contribution is -0.139. The van der Waals surface area contributed by atoms with E-state index in [1.807, 2.05) is 58.3 Å². The Balaban J connectivity index is 1.35. The molecule has 1 fully saturated rings. The summed E-state index contributed by atoms with van der Waals surface area (Å²) in [4.78, 5) is 45.0. The van der Waals surface area contributed by atoms with Crippen molar-refractivity contribution in [2.24, 2.45) is 0 Å². The van der Waals surface area contributed by atoms with Crippen molar-refractivity contribution in [3.05, 3.63) is 117 Å². The first-order valence-corrected chi connectivity index (χ1v) is 16.9. The number of hydrogen-bond acceptors (Lipinski definition) is 5. The van der Waals surface area contributed by atoms with E-state index in [1.165, 1.54) is 11.1 Å². The number of carbonyl (C=O) groups excluding carboxylic acids is 2. The number of urea groups is 1. The minimum atomic E-state index is -0.668. The Bertz CT molecular complexity index is 1610. The zero-order valence-corrected chi connectivity index (χ0v) is 28.6. The fourth-order valence-electron chi connectivity index (χ4n) is 6.66. The van der Waals surface area contributed by atoms with Crippen molar-refractivity contribution in [3.63, 3.8) is 0 Å². The highest BCUT2D eigenvalue weighted by atomic mass is 79.9. The molecule has 2 atom stereocenters. The second-order valence-corrected chi connectivity index (χ2v) is 13.6. The van der Waals surface area contributed by atoms with Crippen LogP contribution < -0.4 is 0 Å². The summed E-state index contributed by atoms with van der Waals surface area (Å²) in [5, 5.41) is 0.708. The Morgan fingerprint density at radius 3 is 2.61 bits per heavy atom. The van der Waals surface area contributed by atoms with Crippen LogP contribution in [-0.4, -0.2) is 92.4 Å². The van der Waals surface area contributed by atoms with E-state index in [9.17, 15) is 9.59 Å². The maximum Gasteiger partial charge on any atom is 0.320 e. The van der Waals surface area contributed by atoms with Crippen molar-refractivity contribution in [1.29, 1.82) is 0 Å². The maximum atomic E-state index is 14.7. The summed E-state index contributed by atoms with van der Waals surface area (Å²) < 4.78 is 2.96. The molecular formula is C35H39BrClN7O2. The van der Waals surface area contributed by atoms with Gasteiger partial charge in [0.25, 0.3) is 0 Å². The summed E-state index contributed by atoms with van der Waals surface area (Å²) in [6, 6.07) is 17.3. The number of pyridine rings is 1. The van der Waals surface area contributed by atoms with E-state index in [-0.39, 0.29) is 18.0 Å². The average molecular weight is 705 g/mol. The van der Waals surface area contributed by atoms with Crippen molar-refractivity contribution in [2.75, 3.05) is 40.3 Å². The SMILES string of the molecule is CN(C)C(=O)N1CCN([C@@H]2c3ccc(Cl)cc3CCc3cc(Br)cnc32)C[C@@H]1C(=O)N(CCCn1ccnc1)Cc1ccccc1. The summed E-state index contributed by atoms with van der Waals surface area (Å²) in [5.41, 5.74) is 5.55. The van der Waals surface area contributed by atoms with E-state index >= 15 is 0 Å². The monoisotopic (exact) mass is 703 g/mol. The van der Waals surface area contributed by atoms with Crippen molar-refractivity contribution in [1.82, 2.24) is 34.1 Å². The van der Waals surface area contributed by atoms with Gasteiger partial charge < -0.3 is 19.3 Å². The number of aromatic nitrogens is 3. The molecule has 4 aromatic rings. The highest BCUT2D eigenvalue weighted by Gasteiger charge is 2.42. The van der Waals surface area contributed by atoms with Crippen LogP contribution in [0.2, 0.25) is 5.02 Å². The Labute approximate surface area is 283 Å². The molecule has 0 spiro atoms. The molecule has 0 unspecified atom stereocenters. The van der Waals surface area contributed by atoms with Crippen LogP contribution in [0.4, 0.5) is 4.79 Å². The van der Waals surface area contributed by atoms with Crippen LogP contribution in [0.1, 0.15) is 40.4 Å².